The molecule has 1 atom stereocenters. The molecule has 3 heterocycles. The highest BCUT2D eigenvalue weighted by Crippen LogP contribution is 2.39. The van der Waals surface area contributed by atoms with Crippen molar-refractivity contribution in [3.8, 4) is 16.9 Å². The summed E-state index contributed by atoms with van der Waals surface area (Å²) < 4.78 is 5.90. The minimum atomic E-state index is -0.893. The van der Waals surface area contributed by atoms with Crippen molar-refractivity contribution < 1.29 is 14.6 Å². The average Bonchev–Trinajstić information content (AvgIpc) is 3.21. The maximum atomic E-state index is 11.4. The number of carbonyl (C=O) groups is 1. The van der Waals surface area contributed by atoms with Crippen LogP contribution in [0.4, 0.5) is 0 Å². The summed E-state index contributed by atoms with van der Waals surface area (Å²) in [6.45, 7) is 0.698. The highest BCUT2D eigenvalue weighted by atomic mass is 32.1. The quantitative estimate of drug-likeness (QED) is 0.691. The first-order chi connectivity index (χ1) is 12.7. The first-order valence-corrected chi connectivity index (χ1v) is 9.62. The van der Waals surface area contributed by atoms with Crippen LogP contribution in [0.25, 0.3) is 11.1 Å². The number of fused-ring (bicyclic) bond motifs is 1. The van der Waals surface area contributed by atoms with Gasteiger partial charge >= 0.3 is 5.97 Å². The van der Waals surface area contributed by atoms with Crippen molar-refractivity contribution >= 4 is 17.3 Å². The Morgan fingerprint density at radius 2 is 2.19 bits per heavy atom. The van der Waals surface area contributed by atoms with Gasteiger partial charge in [0, 0.05) is 12.4 Å². The molecule has 5 heteroatoms. The van der Waals surface area contributed by atoms with Gasteiger partial charge in [0.15, 0.2) is 0 Å². The Morgan fingerprint density at radius 1 is 1.27 bits per heavy atom. The molecule has 4 rings (SSSR count). The van der Waals surface area contributed by atoms with Crippen LogP contribution in [0.2, 0.25) is 0 Å². The predicted octanol–water partition coefficient (Wildman–Crippen LogP) is 5.01. The summed E-state index contributed by atoms with van der Waals surface area (Å²) >= 11 is 1.69. The summed E-state index contributed by atoms with van der Waals surface area (Å²) in [6, 6.07) is 10.1. The number of carboxylic acids is 1. The second-order valence-corrected chi connectivity index (χ2v) is 7.26. The number of aryl methyl sites for hydroxylation is 1. The van der Waals surface area contributed by atoms with Crippen LogP contribution in [-0.2, 0) is 6.42 Å². The van der Waals surface area contributed by atoms with Gasteiger partial charge < -0.3 is 9.84 Å². The SMILES string of the molecule is O=C(O)c1ccncc1CC[C@H]1CCOc2cc(-c3ccsc3)ccc21. The number of benzene rings is 1. The van der Waals surface area contributed by atoms with E-state index in [2.05, 4.69) is 40.0 Å². The van der Waals surface area contributed by atoms with Gasteiger partial charge in [0.25, 0.3) is 0 Å². The first-order valence-electron chi connectivity index (χ1n) is 8.68. The zero-order valence-electron chi connectivity index (χ0n) is 14.2. The topological polar surface area (TPSA) is 59.4 Å². The minimum absolute atomic E-state index is 0.347. The van der Waals surface area contributed by atoms with Gasteiger partial charge in [0.2, 0.25) is 0 Å². The number of aromatic carboxylic acids is 1. The molecule has 1 aromatic carbocycles. The Morgan fingerprint density at radius 3 is 3.00 bits per heavy atom. The van der Waals surface area contributed by atoms with Gasteiger partial charge in [-0.3, -0.25) is 4.98 Å². The predicted molar refractivity (Wildman–Crippen MR) is 102 cm³/mol. The molecule has 132 valence electrons. The van der Waals surface area contributed by atoms with Crippen molar-refractivity contribution in [2.24, 2.45) is 0 Å². The Hall–Kier alpha value is -2.66. The van der Waals surface area contributed by atoms with Crippen molar-refractivity contribution in [2.45, 2.75) is 25.2 Å². The number of aromatic nitrogens is 1. The second kappa shape index (κ2) is 7.30. The lowest BCUT2D eigenvalue weighted by atomic mass is 9.86. The summed E-state index contributed by atoms with van der Waals surface area (Å²) in [5.74, 6) is 0.432. The number of rotatable bonds is 5. The zero-order chi connectivity index (χ0) is 17.9. The van der Waals surface area contributed by atoms with Gasteiger partial charge in [-0.15, -0.1) is 0 Å². The van der Waals surface area contributed by atoms with Crippen LogP contribution in [0.1, 0.15) is 40.2 Å². The lowest BCUT2D eigenvalue weighted by Crippen LogP contribution is -2.15. The van der Waals surface area contributed by atoms with E-state index in [1.807, 2.05) is 0 Å². The molecular weight excluding hydrogens is 346 g/mol. The maximum Gasteiger partial charge on any atom is 0.336 e. The molecule has 0 fully saturated rings. The van der Waals surface area contributed by atoms with Gasteiger partial charge in [0.05, 0.1) is 12.2 Å². The molecule has 0 radical (unpaired) electrons. The minimum Gasteiger partial charge on any atom is -0.493 e. The van der Waals surface area contributed by atoms with Crippen LogP contribution in [0, 0.1) is 0 Å². The number of ether oxygens (including phenoxy) is 1. The standard InChI is InChI=1S/C21H19NO3S/c23-21(24)19-5-8-22-12-16(19)2-1-14-6-9-25-20-11-15(3-4-18(14)20)17-7-10-26-13-17/h3-5,7-8,10-14H,1-2,6,9H2,(H,23,24)/t14-/m0/s1. The number of carboxylic acid groups (broad SMARTS) is 1. The van der Waals surface area contributed by atoms with Gasteiger partial charge in [-0.05, 0) is 76.4 Å². The molecule has 0 unspecified atom stereocenters. The maximum absolute atomic E-state index is 11.4. The Balaban J connectivity index is 1.54. The monoisotopic (exact) mass is 365 g/mol. The lowest BCUT2D eigenvalue weighted by molar-refractivity contribution is 0.0695. The molecule has 0 aliphatic carbocycles. The van der Waals surface area contributed by atoms with E-state index in [1.165, 1.54) is 22.9 Å². The molecular formula is C21H19NO3S. The van der Waals surface area contributed by atoms with Gasteiger partial charge in [-0.1, -0.05) is 12.1 Å². The van der Waals surface area contributed by atoms with Crippen LogP contribution >= 0.6 is 11.3 Å². The van der Waals surface area contributed by atoms with Gasteiger partial charge in [-0.2, -0.15) is 11.3 Å². The van der Waals surface area contributed by atoms with E-state index in [0.717, 1.165) is 24.2 Å². The number of hydrogen-bond acceptors (Lipinski definition) is 4. The zero-order valence-corrected chi connectivity index (χ0v) is 15.0. The van der Waals surface area contributed by atoms with Crippen LogP contribution in [0.5, 0.6) is 5.75 Å². The molecule has 0 amide bonds. The molecule has 0 spiro atoms. The Labute approximate surface area is 156 Å². The van der Waals surface area contributed by atoms with Crippen LogP contribution in [0.15, 0.2) is 53.5 Å². The molecule has 0 saturated carbocycles. The average molecular weight is 365 g/mol. The van der Waals surface area contributed by atoms with Crippen molar-refractivity contribution in [3.05, 3.63) is 70.2 Å². The summed E-state index contributed by atoms with van der Waals surface area (Å²) in [4.78, 5) is 15.5. The molecule has 1 N–H and O–H groups in total. The fraction of sp³-hybridized carbons (Fsp3) is 0.238. The molecule has 1 aliphatic rings. The molecule has 3 aromatic rings. The van der Waals surface area contributed by atoms with Crippen LogP contribution in [-0.4, -0.2) is 22.7 Å². The highest BCUT2D eigenvalue weighted by Gasteiger charge is 2.22. The fourth-order valence-corrected chi connectivity index (χ4v) is 4.20. The molecule has 0 bridgehead atoms. The van der Waals surface area contributed by atoms with Crippen molar-refractivity contribution in [1.82, 2.24) is 4.98 Å². The number of thiophene rings is 1. The Bertz CT molecular complexity index is 921. The van der Waals surface area contributed by atoms with E-state index >= 15 is 0 Å². The lowest BCUT2D eigenvalue weighted by Gasteiger charge is -2.26. The van der Waals surface area contributed by atoms with Gasteiger partial charge in [-0.25, -0.2) is 4.79 Å². The van der Waals surface area contributed by atoms with Crippen LogP contribution in [0.3, 0.4) is 0 Å². The van der Waals surface area contributed by atoms with Crippen molar-refractivity contribution in [2.75, 3.05) is 6.61 Å². The molecule has 0 saturated heterocycles. The fourth-order valence-electron chi connectivity index (χ4n) is 3.54. The number of pyridine rings is 1. The van der Waals surface area contributed by atoms with Crippen molar-refractivity contribution in [1.29, 1.82) is 0 Å². The summed E-state index contributed by atoms with van der Waals surface area (Å²) in [5, 5.41) is 13.5. The van der Waals surface area contributed by atoms with E-state index in [0.29, 0.717) is 24.5 Å². The van der Waals surface area contributed by atoms with Gasteiger partial charge in [0.1, 0.15) is 5.75 Å². The van der Waals surface area contributed by atoms with E-state index in [9.17, 15) is 9.90 Å². The number of hydrogen-bond donors (Lipinski definition) is 1. The number of nitrogens with zero attached hydrogens (tertiary/aromatic N) is 1. The normalized spacial score (nSPS) is 15.9. The molecule has 4 nitrogen and oxygen atoms in total. The third-order valence-electron chi connectivity index (χ3n) is 4.93. The second-order valence-electron chi connectivity index (χ2n) is 6.48. The largest absolute Gasteiger partial charge is 0.493 e. The smallest absolute Gasteiger partial charge is 0.336 e. The van der Waals surface area contributed by atoms with E-state index in [1.54, 1.807) is 23.6 Å². The Kier molecular flexibility index (Phi) is 4.71. The van der Waals surface area contributed by atoms with E-state index < -0.39 is 5.97 Å². The molecule has 26 heavy (non-hydrogen) atoms. The van der Waals surface area contributed by atoms with E-state index in [-0.39, 0.29) is 0 Å². The summed E-state index contributed by atoms with van der Waals surface area (Å²) in [5.41, 5.74) is 4.75. The molecule has 2 aromatic heterocycles. The van der Waals surface area contributed by atoms with E-state index in [4.69, 9.17) is 4.74 Å². The third-order valence-corrected chi connectivity index (χ3v) is 5.61. The third kappa shape index (κ3) is 3.35. The van der Waals surface area contributed by atoms with Crippen LogP contribution < -0.4 is 4.74 Å². The highest BCUT2D eigenvalue weighted by molar-refractivity contribution is 7.08. The summed E-state index contributed by atoms with van der Waals surface area (Å²) in [6.07, 6.45) is 5.74. The first kappa shape index (κ1) is 16.8. The van der Waals surface area contributed by atoms with Crippen molar-refractivity contribution in [3.63, 3.8) is 0 Å². The molecule has 1 aliphatic heterocycles. The summed E-state index contributed by atoms with van der Waals surface area (Å²) in [7, 11) is 0.